The molecular weight excluding hydrogens is 444 g/mol. The summed E-state index contributed by atoms with van der Waals surface area (Å²) in [6, 6.07) is 31.3. The second kappa shape index (κ2) is 14.7. The molecule has 0 amide bonds. The molecule has 0 aliphatic carbocycles. The van der Waals surface area contributed by atoms with Gasteiger partial charge in [-0.25, -0.2) is 4.79 Å². The molecule has 1 atom stereocenters. The molecule has 3 aromatic rings. The predicted molar refractivity (Wildman–Crippen MR) is 148 cm³/mol. The van der Waals surface area contributed by atoms with E-state index < -0.39 is 5.60 Å². The van der Waals surface area contributed by atoms with Crippen molar-refractivity contribution in [2.45, 2.75) is 31.8 Å². The van der Waals surface area contributed by atoms with Crippen LogP contribution in [0.15, 0.2) is 127 Å². The number of hydrogen-bond acceptors (Lipinski definition) is 3. The SMILES string of the molecule is C/C=C/C=C/C[C@@H](CC/C=C/C(=O)OC)COC(c1ccccc1)(c1ccccc1)c1ccccc1. The van der Waals surface area contributed by atoms with E-state index in [1.165, 1.54) is 13.2 Å². The molecule has 0 N–H and O–H groups in total. The van der Waals surface area contributed by atoms with Crippen LogP contribution in [-0.2, 0) is 19.9 Å². The molecule has 186 valence electrons. The number of rotatable bonds is 13. The molecule has 0 spiro atoms. The van der Waals surface area contributed by atoms with Crippen molar-refractivity contribution < 1.29 is 14.3 Å². The summed E-state index contributed by atoms with van der Waals surface area (Å²) in [4.78, 5) is 11.5. The van der Waals surface area contributed by atoms with Crippen LogP contribution in [0.2, 0.25) is 0 Å². The normalized spacial score (nSPS) is 12.9. The molecule has 3 rings (SSSR count). The van der Waals surface area contributed by atoms with Crippen LogP contribution in [0, 0.1) is 5.92 Å². The first-order valence-corrected chi connectivity index (χ1v) is 12.5. The van der Waals surface area contributed by atoms with Gasteiger partial charge in [0.1, 0.15) is 5.60 Å². The molecule has 0 bridgehead atoms. The largest absolute Gasteiger partial charge is 0.466 e. The van der Waals surface area contributed by atoms with Gasteiger partial charge in [0.05, 0.1) is 13.7 Å². The fourth-order valence-electron chi connectivity index (χ4n) is 4.32. The quantitative estimate of drug-likeness (QED) is 0.109. The third-order valence-corrected chi connectivity index (χ3v) is 6.18. The number of hydrogen-bond donors (Lipinski definition) is 0. The Labute approximate surface area is 215 Å². The maximum atomic E-state index is 11.5. The average Bonchev–Trinajstić information content (AvgIpc) is 2.94. The monoisotopic (exact) mass is 480 g/mol. The van der Waals surface area contributed by atoms with Crippen LogP contribution in [0.1, 0.15) is 42.9 Å². The van der Waals surface area contributed by atoms with E-state index in [9.17, 15) is 4.79 Å². The van der Waals surface area contributed by atoms with Gasteiger partial charge < -0.3 is 9.47 Å². The van der Waals surface area contributed by atoms with Crippen molar-refractivity contribution in [2.75, 3.05) is 13.7 Å². The smallest absolute Gasteiger partial charge is 0.330 e. The highest BCUT2D eigenvalue weighted by molar-refractivity contribution is 5.81. The van der Waals surface area contributed by atoms with E-state index in [4.69, 9.17) is 9.47 Å². The van der Waals surface area contributed by atoms with Crippen molar-refractivity contribution >= 4 is 5.97 Å². The van der Waals surface area contributed by atoms with Crippen molar-refractivity contribution in [1.82, 2.24) is 0 Å². The first-order valence-electron chi connectivity index (χ1n) is 12.5. The minimum absolute atomic E-state index is 0.268. The van der Waals surface area contributed by atoms with Gasteiger partial charge in [-0.05, 0) is 48.8 Å². The van der Waals surface area contributed by atoms with Crippen molar-refractivity contribution in [3.63, 3.8) is 0 Å². The lowest BCUT2D eigenvalue weighted by molar-refractivity contribution is -0.134. The Morgan fingerprint density at radius 2 is 1.33 bits per heavy atom. The molecule has 3 heteroatoms. The standard InChI is InChI=1S/C33H36O3/c1-3-4-5-9-18-28(19-16-17-26-32(34)35-2)27-36-33(29-20-10-6-11-21-29,30-22-12-7-13-23-30)31-24-14-8-15-25-31/h3-15,17,20-26,28H,16,18-19,27H2,1-2H3/b4-3+,9-5+,26-17+/t28-/m0/s1. The summed E-state index contributed by atoms with van der Waals surface area (Å²) in [5, 5.41) is 0. The van der Waals surface area contributed by atoms with Crippen LogP contribution in [0.25, 0.3) is 0 Å². The highest BCUT2D eigenvalue weighted by Gasteiger charge is 2.37. The summed E-state index contributed by atoms with van der Waals surface area (Å²) in [6.07, 6.45) is 14.2. The molecule has 3 aromatic carbocycles. The lowest BCUT2D eigenvalue weighted by atomic mass is 9.80. The number of benzene rings is 3. The Balaban J connectivity index is 1.95. The maximum absolute atomic E-state index is 11.5. The molecule has 0 aliphatic heterocycles. The van der Waals surface area contributed by atoms with E-state index in [2.05, 4.69) is 84.9 Å². The van der Waals surface area contributed by atoms with Gasteiger partial charge in [-0.1, -0.05) is 121 Å². The minimum atomic E-state index is -0.739. The van der Waals surface area contributed by atoms with Gasteiger partial charge >= 0.3 is 5.97 Å². The van der Waals surface area contributed by atoms with E-state index in [-0.39, 0.29) is 11.9 Å². The van der Waals surface area contributed by atoms with Crippen molar-refractivity contribution in [3.8, 4) is 0 Å². The molecule has 0 aromatic heterocycles. The summed E-state index contributed by atoms with van der Waals surface area (Å²) >= 11 is 0. The summed E-state index contributed by atoms with van der Waals surface area (Å²) in [6.45, 7) is 2.57. The molecule has 0 unspecified atom stereocenters. The molecule has 0 heterocycles. The second-order valence-electron chi connectivity index (χ2n) is 8.65. The zero-order chi connectivity index (χ0) is 25.5. The van der Waals surface area contributed by atoms with Gasteiger partial charge in [-0.15, -0.1) is 0 Å². The van der Waals surface area contributed by atoms with E-state index in [1.807, 2.05) is 43.4 Å². The fourth-order valence-corrected chi connectivity index (χ4v) is 4.32. The van der Waals surface area contributed by atoms with Crippen molar-refractivity contribution in [2.24, 2.45) is 5.92 Å². The summed E-state index contributed by atoms with van der Waals surface area (Å²) in [7, 11) is 1.39. The van der Waals surface area contributed by atoms with E-state index in [1.54, 1.807) is 0 Å². The van der Waals surface area contributed by atoms with Gasteiger partial charge in [0.15, 0.2) is 0 Å². The third kappa shape index (κ3) is 7.40. The summed E-state index contributed by atoms with van der Waals surface area (Å²) in [5.74, 6) is -0.0589. The van der Waals surface area contributed by atoms with Crippen LogP contribution in [0.4, 0.5) is 0 Å². The fraction of sp³-hybridized carbons (Fsp3) is 0.242. The minimum Gasteiger partial charge on any atom is -0.466 e. The van der Waals surface area contributed by atoms with Crippen LogP contribution in [-0.4, -0.2) is 19.7 Å². The van der Waals surface area contributed by atoms with Crippen molar-refractivity contribution in [1.29, 1.82) is 0 Å². The second-order valence-corrected chi connectivity index (χ2v) is 8.65. The number of carbonyl (C=O) groups is 1. The number of esters is 1. The Hall–Kier alpha value is -3.69. The first kappa shape index (κ1) is 26.9. The third-order valence-electron chi connectivity index (χ3n) is 6.18. The maximum Gasteiger partial charge on any atom is 0.330 e. The van der Waals surface area contributed by atoms with Gasteiger partial charge in [0, 0.05) is 6.08 Å². The van der Waals surface area contributed by atoms with E-state index >= 15 is 0 Å². The summed E-state index contributed by atoms with van der Waals surface area (Å²) in [5.41, 5.74) is 2.54. The van der Waals surface area contributed by atoms with E-state index in [0.717, 1.165) is 36.0 Å². The van der Waals surface area contributed by atoms with Crippen molar-refractivity contribution in [3.05, 3.63) is 144 Å². The van der Waals surface area contributed by atoms with Crippen LogP contribution < -0.4 is 0 Å². The average molecular weight is 481 g/mol. The molecule has 0 saturated heterocycles. The number of carbonyl (C=O) groups excluding carboxylic acids is 1. The van der Waals surface area contributed by atoms with Crippen LogP contribution in [0.3, 0.4) is 0 Å². The number of allylic oxidation sites excluding steroid dienone is 5. The lowest BCUT2D eigenvalue weighted by Crippen LogP contribution is -2.34. The highest BCUT2D eigenvalue weighted by atomic mass is 16.5. The Bertz CT molecular complexity index is 1020. The Morgan fingerprint density at radius 3 is 1.81 bits per heavy atom. The van der Waals surface area contributed by atoms with Gasteiger partial charge in [-0.2, -0.15) is 0 Å². The lowest BCUT2D eigenvalue weighted by Gasteiger charge is -2.37. The zero-order valence-corrected chi connectivity index (χ0v) is 21.3. The first-order chi connectivity index (χ1) is 17.7. The molecule has 0 radical (unpaired) electrons. The van der Waals surface area contributed by atoms with E-state index in [0.29, 0.717) is 6.61 Å². The summed E-state index contributed by atoms with van der Waals surface area (Å²) < 4.78 is 11.8. The topological polar surface area (TPSA) is 35.5 Å². The predicted octanol–water partition coefficient (Wildman–Crippen LogP) is 7.64. The molecule has 0 aliphatic rings. The van der Waals surface area contributed by atoms with Gasteiger partial charge in [-0.3, -0.25) is 0 Å². The molecular formula is C33H36O3. The Morgan fingerprint density at radius 1 is 0.806 bits per heavy atom. The number of methoxy groups -OCH3 is 1. The number of ether oxygens (including phenoxy) is 2. The van der Waals surface area contributed by atoms with Gasteiger partial charge in [0.2, 0.25) is 0 Å². The highest BCUT2D eigenvalue weighted by Crippen LogP contribution is 2.41. The zero-order valence-electron chi connectivity index (χ0n) is 21.3. The molecule has 0 fully saturated rings. The van der Waals surface area contributed by atoms with Gasteiger partial charge in [0.25, 0.3) is 0 Å². The van der Waals surface area contributed by atoms with Crippen LogP contribution >= 0.6 is 0 Å². The Kier molecular flexibility index (Phi) is 10.9. The van der Waals surface area contributed by atoms with Crippen LogP contribution in [0.5, 0.6) is 0 Å². The molecule has 0 saturated carbocycles. The molecule has 36 heavy (non-hydrogen) atoms. The molecule has 3 nitrogen and oxygen atoms in total.